The largest absolute Gasteiger partial charge is 0.416 e. The predicted molar refractivity (Wildman–Crippen MR) is 101 cm³/mol. The summed E-state index contributed by atoms with van der Waals surface area (Å²) in [6.45, 7) is 2.43. The van der Waals surface area contributed by atoms with E-state index < -0.39 is 23.6 Å². The van der Waals surface area contributed by atoms with E-state index in [1.807, 2.05) is 6.92 Å². The number of amides is 3. The van der Waals surface area contributed by atoms with Crippen LogP contribution < -0.4 is 15.5 Å². The van der Waals surface area contributed by atoms with Crippen LogP contribution in [0.2, 0.25) is 0 Å². The summed E-state index contributed by atoms with van der Waals surface area (Å²) in [6, 6.07) is 8.70. The molecule has 0 spiro atoms. The zero-order chi connectivity index (χ0) is 21.2. The van der Waals surface area contributed by atoms with Crippen LogP contribution in [0.3, 0.4) is 0 Å². The fourth-order valence-corrected chi connectivity index (χ4v) is 3.00. The minimum Gasteiger partial charge on any atom is -0.318 e. The SMILES string of the molecule is Cc1ccc(NC(=O)C(=O)Nc2ccc(C(F)(F)F)cc2)cc1N1CCCC1=O. The molecule has 9 heteroatoms. The van der Waals surface area contributed by atoms with E-state index in [0.717, 1.165) is 36.2 Å². The molecule has 1 aliphatic heterocycles. The second-order valence-corrected chi connectivity index (χ2v) is 6.63. The molecule has 152 valence electrons. The van der Waals surface area contributed by atoms with Crippen molar-refractivity contribution in [1.29, 1.82) is 0 Å². The zero-order valence-electron chi connectivity index (χ0n) is 15.5. The molecule has 0 radical (unpaired) electrons. The molecule has 2 N–H and O–H groups in total. The van der Waals surface area contributed by atoms with E-state index in [9.17, 15) is 27.6 Å². The standard InChI is InChI=1S/C20H18F3N3O3/c1-12-4-7-15(11-16(12)26-10-2-3-17(26)27)25-19(29)18(28)24-14-8-5-13(6-9-14)20(21,22)23/h4-9,11H,2-3,10H2,1H3,(H,24,28)(H,25,29). The summed E-state index contributed by atoms with van der Waals surface area (Å²) in [5.74, 6) is -2.01. The lowest BCUT2D eigenvalue weighted by atomic mass is 10.1. The van der Waals surface area contributed by atoms with Gasteiger partial charge in [-0.25, -0.2) is 0 Å². The number of carbonyl (C=O) groups excluding carboxylic acids is 3. The van der Waals surface area contributed by atoms with E-state index in [2.05, 4.69) is 10.6 Å². The molecular weight excluding hydrogens is 387 g/mol. The number of aryl methyl sites for hydroxylation is 1. The van der Waals surface area contributed by atoms with Crippen molar-refractivity contribution in [3.05, 3.63) is 53.6 Å². The molecule has 2 aromatic carbocycles. The second-order valence-electron chi connectivity index (χ2n) is 6.63. The first-order chi connectivity index (χ1) is 13.6. The average Bonchev–Trinajstić information content (AvgIpc) is 3.08. The Labute approximate surface area is 164 Å². The number of halogens is 3. The van der Waals surface area contributed by atoms with Crippen molar-refractivity contribution in [1.82, 2.24) is 0 Å². The summed E-state index contributed by atoms with van der Waals surface area (Å²) in [6.07, 6.45) is -3.27. The Balaban J connectivity index is 1.67. The Hall–Kier alpha value is -3.36. The van der Waals surface area contributed by atoms with Crippen LogP contribution in [-0.2, 0) is 20.6 Å². The van der Waals surface area contributed by atoms with Crippen molar-refractivity contribution in [3.8, 4) is 0 Å². The predicted octanol–water partition coefficient (Wildman–Crippen LogP) is 3.72. The Morgan fingerprint density at radius 1 is 0.966 bits per heavy atom. The molecule has 2 aromatic rings. The molecule has 29 heavy (non-hydrogen) atoms. The highest BCUT2D eigenvalue weighted by Crippen LogP contribution is 2.30. The number of carbonyl (C=O) groups is 3. The summed E-state index contributed by atoms with van der Waals surface area (Å²) in [7, 11) is 0. The molecule has 3 amide bonds. The topological polar surface area (TPSA) is 78.5 Å². The van der Waals surface area contributed by atoms with Crippen molar-refractivity contribution in [3.63, 3.8) is 0 Å². The number of nitrogens with one attached hydrogen (secondary N) is 2. The van der Waals surface area contributed by atoms with Gasteiger partial charge in [0.2, 0.25) is 5.91 Å². The maximum Gasteiger partial charge on any atom is 0.416 e. The van der Waals surface area contributed by atoms with Gasteiger partial charge in [-0.1, -0.05) is 6.07 Å². The summed E-state index contributed by atoms with van der Waals surface area (Å²) in [5.41, 5.74) is 1.05. The van der Waals surface area contributed by atoms with Crippen molar-refractivity contribution in [2.24, 2.45) is 0 Å². The van der Waals surface area contributed by atoms with E-state index >= 15 is 0 Å². The van der Waals surface area contributed by atoms with Gasteiger partial charge in [0, 0.05) is 30.0 Å². The van der Waals surface area contributed by atoms with E-state index in [0.29, 0.717) is 24.3 Å². The van der Waals surface area contributed by atoms with Crippen LogP contribution in [0.5, 0.6) is 0 Å². The smallest absolute Gasteiger partial charge is 0.318 e. The molecule has 1 heterocycles. The lowest BCUT2D eigenvalue weighted by Gasteiger charge is -2.19. The third kappa shape index (κ3) is 4.74. The first-order valence-corrected chi connectivity index (χ1v) is 8.86. The molecule has 0 aliphatic carbocycles. The molecule has 0 saturated carbocycles. The van der Waals surface area contributed by atoms with Crippen molar-refractivity contribution in [2.75, 3.05) is 22.1 Å². The fraction of sp³-hybridized carbons (Fsp3) is 0.250. The van der Waals surface area contributed by atoms with E-state index in [4.69, 9.17) is 0 Å². The monoisotopic (exact) mass is 405 g/mol. The summed E-state index contributed by atoms with van der Waals surface area (Å²) in [4.78, 5) is 37.8. The molecule has 1 aliphatic rings. The van der Waals surface area contributed by atoms with E-state index in [-0.39, 0.29) is 11.6 Å². The first-order valence-electron chi connectivity index (χ1n) is 8.86. The van der Waals surface area contributed by atoms with Gasteiger partial charge in [0.1, 0.15) is 0 Å². The maximum absolute atomic E-state index is 12.6. The summed E-state index contributed by atoms with van der Waals surface area (Å²) < 4.78 is 37.7. The molecule has 1 fully saturated rings. The van der Waals surface area contributed by atoms with Gasteiger partial charge in [-0.15, -0.1) is 0 Å². The van der Waals surface area contributed by atoms with Gasteiger partial charge >= 0.3 is 18.0 Å². The van der Waals surface area contributed by atoms with Gasteiger partial charge in [-0.05, 0) is 55.3 Å². The molecule has 1 saturated heterocycles. The number of anilines is 3. The normalized spacial score (nSPS) is 14.1. The highest BCUT2D eigenvalue weighted by molar-refractivity contribution is 6.43. The number of nitrogens with zero attached hydrogens (tertiary/aromatic N) is 1. The number of alkyl halides is 3. The lowest BCUT2D eigenvalue weighted by Crippen LogP contribution is -2.29. The third-order valence-electron chi connectivity index (χ3n) is 4.51. The number of benzene rings is 2. The average molecular weight is 405 g/mol. The van der Waals surface area contributed by atoms with Crippen molar-refractivity contribution >= 4 is 34.8 Å². The molecule has 0 aromatic heterocycles. The van der Waals surface area contributed by atoms with Gasteiger partial charge in [-0.2, -0.15) is 13.2 Å². The highest BCUT2D eigenvalue weighted by atomic mass is 19.4. The molecular formula is C20H18F3N3O3. The van der Waals surface area contributed by atoms with Gasteiger partial charge in [-0.3, -0.25) is 14.4 Å². The lowest BCUT2D eigenvalue weighted by molar-refractivity contribution is -0.137. The molecule has 6 nitrogen and oxygen atoms in total. The Morgan fingerprint density at radius 2 is 1.55 bits per heavy atom. The number of hydrogen-bond acceptors (Lipinski definition) is 3. The van der Waals surface area contributed by atoms with Gasteiger partial charge in [0.25, 0.3) is 0 Å². The van der Waals surface area contributed by atoms with Crippen LogP contribution >= 0.6 is 0 Å². The number of hydrogen-bond donors (Lipinski definition) is 2. The van der Waals surface area contributed by atoms with Gasteiger partial charge in [0.15, 0.2) is 0 Å². The van der Waals surface area contributed by atoms with Crippen LogP contribution in [0.1, 0.15) is 24.0 Å². The quantitative estimate of drug-likeness (QED) is 0.764. The van der Waals surface area contributed by atoms with E-state index in [1.165, 1.54) is 0 Å². The number of rotatable bonds is 3. The molecule has 0 bridgehead atoms. The second kappa shape index (κ2) is 7.94. The van der Waals surface area contributed by atoms with Crippen LogP contribution in [0.4, 0.5) is 30.2 Å². The Kier molecular flexibility index (Phi) is 5.58. The maximum atomic E-state index is 12.6. The third-order valence-corrected chi connectivity index (χ3v) is 4.51. The van der Waals surface area contributed by atoms with Gasteiger partial charge < -0.3 is 15.5 Å². The van der Waals surface area contributed by atoms with Crippen molar-refractivity contribution in [2.45, 2.75) is 25.9 Å². The van der Waals surface area contributed by atoms with Crippen LogP contribution in [0.15, 0.2) is 42.5 Å². The summed E-state index contributed by atoms with van der Waals surface area (Å²) >= 11 is 0. The summed E-state index contributed by atoms with van der Waals surface area (Å²) in [5, 5.41) is 4.68. The Bertz CT molecular complexity index is 956. The van der Waals surface area contributed by atoms with E-state index in [1.54, 1.807) is 23.1 Å². The minimum atomic E-state index is -4.49. The molecule has 0 unspecified atom stereocenters. The van der Waals surface area contributed by atoms with Crippen LogP contribution in [0, 0.1) is 6.92 Å². The zero-order valence-corrected chi connectivity index (χ0v) is 15.5. The molecule has 3 rings (SSSR count). The first kappa shape index (κ1) is 20.4. The van der Waals surface area contributed by atoms with Crippen LogP contribution in [-0.4, -0.2) is 24.3 Å². The van der Waals surface area contributed by atoms with Crippen LogP contribution in [0.25, 0.3) is 0 Å². The fourth-order valence-electron chi connectivity index (χ4n) is 3.00. The van der Waals surface area contributed by atoms with Gasteiger partial charge in [0.05, 0.1) is 5.56 Å². The molecule has 0 atom stereocenters. The highest BCUT2D eigenvalue weighted by Gasteiger charge is 2.30. The van der Waals surface area contributed by atoms with Crippen molar-refractivity contribution < 1.29 is 27.6 Å². The minimum absolute atomic E-state index is 0.00313. The Morgan fingerprint density at radius 3 is 2.10 bits per heavy atom.